The van der Waals surface area contributed by atoms with Crippen LogP contribution in [0.4, 0.5) is 0 Å². The molecule has 1 rings (SSSR count). The lowest BCUT2D eigenvalue weighted by Crippen LogP contribution is -2.14. The summed E-state index contributed by atoms with van der Waals surface area (Å²) >= 11 is 6.27. The number of rotatable bonds is 4. The Morgan fingerprint density at radius 3 is 2.19 bits per heavy atom. The van der Waals surface area contributed by atoms with Gasteiger partial charge in [0.15, 0.2) is 0 Å². The fourth-order valence-electron chi connectivity index (χ4n) is 1.78. The Morgan fingerprint density at radius 1 is 1.06 bits per heavy atom. The Balaban J connectivity index is 3.33. The van der Waals surface area contributed by atoms with Gasteiger partial charge in [-0.1, -0.05) is 11.6 Å². The Kier molecular flexibility index (Phi) is 4.59. The van der Waals surface area contributed by atoms with Crippen LogP contribution in [0.5, 0.6) is 5.75 Å². The molecular weight excluding hydrogens is 226 g/mol. The normalized spacial score (nSPS) is 10.6. The number of benzene rings is 1. The zero-order chi connectivity index (χ0) is 12.3. The predicted molar refractivity (Wildman–Crippen MR) is 66.1 cm³/mol. The van der Waals surface area contributed by atoms with Crippen molar-refractivity contribution in [2.45, 2.75) is 27.3 Å². The van der Waals surface area contributed by atoms with Crippen molar-refractivity contribution < 1.29 is 9.57 Å². The number of hydrogen-bond donors (Lipinski definition) is 1. The Labute approximate surface area is 102 Å². The van der Waals surface area contributed by atoms with Crippen LogP contribution < -0.4 is 10.2 Å². The summed E-state index contributed by atoms with van der Waals surface area (Å²) in [7, 11) is 3.26. The molecule has 16 heavy (non-hydrogen) atoms. The highest BCUT2D eigenvalue weighted by atomic mass is 35.5. The van der Waals surface area contributed by atoms with Crippen molar-refractivity contribution in [1.82, 2.24) is 5.48 Å². The minimum atomic E-state index is 0.576. The molecule has 0 aliphatic rings. The molecule has 3 nitrogen and oxygen atoms in total. The fourth-order valence-corrected chi connectivity index (χ4v) is 2.03. The smallest absolute Gasteiger partial charge is 0.126 e. The second kappa shape index (κ2) is 5.53. The van der Waals surface area contributed by atoms with Gasteiger partial charge in [-0.15, -0.1) is 0 Å². The zero-order valence-electron chi connectivity index (χ0n) is 10.4. The van der Waals surface area contributed by atoms with Crippen molar-refractivity contribution in [3.63, 3.8) is 0 Å². The first-order valence-corrected chi connectivity index (χ1v) is 5.50. The van der Waals surface area contributed by atoms with Crippen LogP contribution in [0.15, 0.2) is 0 Å². The van der Waals surface area contributed by atoms with E-state index in [-0.39, 0.29) is 0 Å². The summed E-state index contributed by atoms with van der Waals surface area (Å²) in [6, 6.07) is 0. The van der Waals surface area contributed by atoms with Crippen LogP contribution in [-0.2, 0) is 11.4 Å². The average molecular weight is 244 g/mol. The fraction of sp³-hybridized carbons (Fsp3) is 0.500. The minimum Gasteiger partial charge on any atom is -0.496 e. The van der Waals surface area contributed by atoms with Gasteiger partial charge in [0.05, 0.1) is 14.2 Å². The monoisotopic (exact) mass is 243 g/mol. The molecule has 0 saturated heterocycles. The third kappa shape index (κ3) is 2.32. The molecule has 0 fully saturated rings. The van der Waals surface area contributed by atoms with Crippen LogP contribution in [0, 0.1) is 20.8 Å². The molecular formula is C12H18ClNO2. The van der Waals surface area contributed by atoms with Crippen LogP contribution in [0.1, 0.15) is 22.3 Å². The summed E-state index contributed by atoms with van der Waals surface area (Å²) in [6.45, 7) is 6.58. The van der Waals surface area contributed by atoms with Gasteiger partial charge in [-0.25, -0.2) is 0 Å². The van der Waals surface area contributed by atoms with Gasteiger partial charge in [-0.2, -0.15) is 5.48 Å². The summed E-state index contributed by atoms with van der Waals surface area (Å²) in [5, 5.41) is 0.797. The maximum Gasteiger partial charge on any atom is 0.126 e. The quantitative estimate of drug-likeness (QED) is 0.825. The molecule has 0 unspecified atom stereocenters. The largest absolute Gasteiger partial charge is 0.496 e. The Bertz CT molecular complexity index is 391. The van der Waals surface area contributed by atoms with Gasteiger partial charge in [0.2, 0.25) is 0 Å². The van der Waals surface area contributed by atoms with E-state index in [1.54, 1.807) is 14.2 Å². The summed E-state index contributed by atoms with van der Waals surface area (Å²) in [5.41, 5.74) is 7.03. The maximum atomic E-state index is 6.27. The molecule has 90 valence electrons. The summed E-state index contributed by atoms with van der Waals surface area (Å²) < 4.78 is 5.44. The number of methoxy groups -OCH3 is 1. The van der Waals surface area contributed by atoms with Crippen LogP contribution in [0.3, 0.4) is 0 Å². The molecule has 0 aromatic heterocycles. The molecule has 0 bridgehead atoms. The Hall–Kier alpha value is -0.770. The molecule has 0 aliphatic heterocycles. The standard InChI is InChI=1S/C12H18ClNO2/c1-7-8(2)12(15-4)10(6-14-16-5)9(3)11(7)13/h14H,6H2,1-5H3. The Morgan fingerprint density at radius 2 is 1.69 bits per heavy atom. The minimum absolute atomic E-state index is 0.576. The van der Waals surface area contributed by atoms with E-state index in [4.69, 9.17) is 21.2 Å². The molecule has 0 amide bonds. The first-order chi connectivity index (χ1) is 7.54. The zero-order valence-corrected chi connectivity index (χ0v) is 11.2. The van der Waals surface area contributed by atoms with Gasteiger partial charge >= 0.3 is 0 Å². The van der Waals surface area contributed by atoms with Crippen molar-refractivity contribution in [1.29, 1.82) is 0 Å². The van der Waals surface area contributed by atoms with Gasteiger partial charge < -0.3 is 9.57 Å². The van der Waals surface area contributed by atoms with Crippen molar-refractivity contribution in [2.75, 3.05) is 14.2 Å². The highest BCUT2D eigenvalue weighted by molar-refractivity contribution is 6.32. The van der Waals surface area contributed by atoms with E-state index >= 15 is 0 Å². The van der Waals surface area contributed by atoms with Crippen LogP contribution in [0.2, 0.25) is 5.02 Å². The number of ether oxygens (including phenoxy) is 1. The van der Waals surface area contributed by atoms with Crippen molar-refractivity contribution >= 4 is 11.6 Å². The average Bonchev–Trinajstić information content (AvgIpc) is 2.29. The molecule has 0 spiro atoms. The van der Waals surface area contributed by atoms with Gasteiger partial charge in [0.1, 0.15) is 5.75 Å². The van der Waals surface area contributed by atoms with E-state index in [2.05, 4.69) is 5.48 Å². The third-order valence-electron chi connectivity index (χ3n) is 2.89. The summed E-state index contributed by atoms with van der Waals surface area (Å²) in [4.78, 5) is 4.86. The van der Waals surface area contributed by atoms with Crippen LogP contribution in [-0.4, -0.2) is 14.2 Å². The number of nitrogens with one attached hydrogen (secondary N) is 1. The molecule has 0 heterocycles. The second-order valence-corrected chi connectivity index (χ2v) is 4.10. The maximum absolute atomic E-state index is 6.27. The lowest BCUT2D eigenvalue weighted by atomic mass is 9.99. The van der Waals surface area contributed by atoms with E-state index in [0.717, 1.165) is 33.0 Å². The van der Waals surface area contributed by atoms with E-state index < -0.39 is 0 Å². The van der Waals surface area contributed by atoms with Crippen molar-refractivity contribution in [2.24, 2.45) is 0 Å². The van der Waals surface area contributed by atoms with Crippen molar-refractivity contribution in [3.8, 4) is 5.75 Å². The number of halogens is 1. The molecule has 0 aliphatic carbocycles. The van der Waals surface area contributed by atoms with Gasteiger partial charge in [-0.05, 0) is 37.5 Å². The third-order valence-corrected chi connectivity index (χ3v) is 3.45. The van der Waals surface area contributed by atoms with Gasteiger partial charge in [-0.3, -0.25) is 0 Å². The van der Waals surface area contributed by atoms with Crippen LogP contribution >= 0.6 is 11.6 Å². The van der Waals surface area contributed by atoms with E-state index in [1.807, 2.05) is 20.8 Å². The molecule has 1 aromatic carbocycles. The molecule has 0 saturated carbocycles. The van der Waals surface area contributed by atoms with E-state index in [1.165, 1.54) is 0 Å². The van der Waals surface area contributed by atoms with Gasteiger partial charge in [0, 0.05) is 17.1 Å². The first kappa shape index (κ1) is 13.3. The predicted octanol–water partition coefficient (Wildman–Crippen LogP) is 2.92. The summed E-state index contributed by atoms with van der Waals surface area (Å²) in [6.07, 6.45) is 0. The lowest BCUT2D eigenvalue weighted by molar-refractivity contribution is 0.0859. The second-order valence-electron chi connectivity index (χ2n) is 3.73. The SMILES string of the molecule is CONCc1c(C)c(Cl)c(C)c(C)c1OC. The van der Waals surface area contributed by atoms with Crippen LogP contribution in [0.25, 0.3) is 0 Å². The highest BCUT2D eigenvalue weighted by Crippen LogP contribution is 2.35. The molecule has 1 N–H and O–H groups in total. The molecule has 1 aromatic rings. The van der Waals surface area contributed by atoms with Gasteiger partial charge in [0.25, 0.3) is 0 Å². The molecule has 0 radical (unpaired) electrons. The topological polar surface area (TPSA) is 30.5 Å². The van der Waals surface area contributed by atoms with Crippen molar-refractivity contribution in [3.05, 3.63) is 27.3 Å². The van der Waals surface area contributed by atoms with E-state index in [9.17, 15) is 0 Å². The highest BCUT2D eigenvalue weighted by Gasteiger charge is 2.16. The van der Waals surface area contributed by atoms with E-state index in [0.29, 0.717) is 6.54 Å². The number of hydrogen-bond acceptors (Lipinski definition) is 3. The molecule has 0 atom stereocenters. The summed E-state index contributed by atoms with van der Waals surface area (Å²) in [5.74, 6) is 0.879. The lowest BCUT2D eigenvalue weighted by Gasteiger charge is -2.18. The number of hydroxylamine groups is 1. The molecule has 4 heteroatoms. The first-order valence-electron chi connectivity index (χ1n) is 5.12.